The van der Waals surface area contributed by atoms with Gasteiger partial charge in [0.25, 0.3) is 0 Å². The Morgan fingerprint density at radius 3 is 2.57 bits per heavy atom. The van der Waals surface area contributed by atoms with Gasteiger partial charge in [-0.3, -0.25) is 4.79 Å². The molecular weight excluding hydrogens is 268 g/mol. The molecule has 1 saturated heterocycles. The quantitative estimate of drug-likeness (QED) is 0.769. The predicted octanol–water partition coefficient (Wildman–Crippen LogP) is 1.28. The Labute approximate surface area is 126 Å². The number of hydrogen-bond donors (Lipinski definition) is 1. The van der Waals surface area contributed by atoms with Crippen LogP contribution in [0.25, 0.3) is 0 Å². The second-order valence-electron chi connectivity index (χ2n) is 5.27. The number of benzene rings is 1. The highest BCUT2D eigenvalue weighted by molar-refractivity contribution is 5.77. The Hall–Kier alpha value is -1.59. The second kappa shape index (κ2) is 8.64. The normalized spacial score (nSPS) is 16.0. The number of amides is 1. The van der Waals surface area contributed by atoms with Gasteiger partial charge in [-0.15, -0.1) is 0 Å². The maximum atomic E-state index is 12.0. The number of nitrogens with zero attached hydrogens (tertiary/aromatic N) is 1. The van der Waals surface area contributed by atoms with E-state index in [0.717, 1.165) is 38.2 Å². The van der Waals surface area contributed by atoms with E-state index in [0.29, 0.717) is 19.1 Å². The number of ether oxygens (including phenoxy) is 2. The number of likely N-dealkylation sites (tertiary alicyclic amines) is 1. The van der Waals surface area contributed by atoms with Gasteiger partial charge in [0, 0.05) is 13.1 Å². The molecule has 5 heteroatoms. The minimum absolute atomic E-state index is 0.0604. The van der Waals surface area contributed by atoms with Crippen molar-refractivity contribution in [2.75, 3.05) is 39.5 Å². The van der Waals surface area contributed by atoms with E-state index in [1.165, 1.54) is 0 Å². The van der Waals surface area contributed by atoms with Gasteiger partial charge in [-0.1, -0.05) is 18.2 Å². The lowest BCUT2D eigenvalue weighted by Crippen LogP contribution is -2.41. The van der Waals surface area contributed by atoms with Crippen LogP contribution in [0.2, 0.25) is 0 Å². The fraction of sp³-hybridized carbons (Fsp3) is 0.562. The molecule has 21 heavy (non-hydrogen) atoms. The van der Waals surface area contributed by atoms with Crippen LogP contribution in [0.4, 0.5) is 0 Å². The SMILES string of the molecule is NCC1CCN(C(=O)COCCOc2ccccc2)CC1. The third kappa shape index (κ3) is 5.36. The molecule has 116 valence electrons. The Kier molecular flexibility index (Phi) is 6.50. The molecule has 1 aliphatic rings. The Bertz CT molecular complexity index is 417. The number of hydrogen-bond acceptors (Lipinski definition) is 4. The summed E-state index contributed by atoms with van der Waals surface area (Å²) in [5, 5.41) is 0. The molecular formula is C16H24N2O3. The lowest BCUT2D eigenvalue weighted by Gasteiger charge is -2.31. The van der Waals surface area contributed by atoms with Crippen molar-refractivity contribution in [2.45, 2.75) is 12.8 Å². The number of carbonyl (C=O) groups is 1. The van der Waals surface area contributed by atoms with E-state index in [4.69, 9.17) is 15.2 Å². The first-order valence-corrected chi connectivity index (χ1v) is 7.53. The van der Waals surface area contributed by atoms with E-state index in [1.54, 1.807) is 0 Å². The Morgan fingerprint density at radius 1 is 1.19 bits per heavy atom. The van der Waals surface area contributed by atoms with Crippen molar-refractivity contribution in [3.05, 3.63) is 30.3 Å². The molecule has 1 aromatic rings. The maximum absolute atomic E-state index is 12.0. The first-order valence-electron chi connectivity index (χ1n) is 7.53. The van der Waals surface area contributed by atoms with Gasteiger partial charge in [0.05, 0.1) is 6.61 Å². The minimum atomic E-state index is 0.0604. The molecule has 0 unspecified atom stereocenters. The molecule has 0 radical (unpaired) electrons. The highest BCUT2D eigenvalue weighted by atomic mass is 16.5. The van der Waals surface area contributed by atoms with Crippen LogP contribution in [0, 0.1) is 5.92 Å². The van der Waals surface area contributed by atoms with Crippen molar-refractivity contribution >= 4 is 5.91 Å². The highest BCUT2D eigenvalue weighted by Gasteiger charge is 2.21. The summed E-state index contributed by atoms with van der Waals surface area (Å²) in [6.45, 7) is 3.31. The van der Waals surface area contributed by atoms with Crippen LogP contribution in [0.3, 0.4) is 0 Å². The van der Waals surface area contributed by atoms with Crippen molar-refractivity contribution in [1.29, 1.82) is 0 Å². The largest absolute Gasteiger partial charge is 0.491 e. The molecule has 2 rings (SSSR count). The molecule has 0 spiro atoms. The Balaban J connectivity index is 1.55. The third-order valence-electron chi connectivity index (χ3n) is 3.77. The van der Waals surface area contributed by atoms with Crippen LogP contribution in [0.5, 0.6) is 5.75 Å². The van der Waals surface area contributed by atoms with Gasteiger partial charge < -0.3 is 20.1 Å². The average molecular weight is 292 g/mol. The van der Waals surface area contributed by atoms with Crippen molar-refractivity contribution in [2.24, 2.45) is 11.7 Å². The fourth-order valence-corrected chi connectivity index (χ4v) is 2.40. The fourth-order valence-electron chi connectivity index (χ4n) is 2.40. The molecule has 0 saturated carbocycles. The molecule has 0 aliphatic carbocycles. The van der Waals surface area contributed by atoms with Gasteiger partial charge in [-0.2, -0.15) is 0 Å². The molecule has 1 amide bonds. The number of piperidine rings is 1. The number of nitrogens with two attached hydrogens (primary N) is 1. The lowest BCUT2D eigenvalue weighted by molar-refractivity contribution is -0.137. The Morgan fingerprint density at radius 2 is 1.90 bits per heavy atom. The van der Waals surface area contributed by atoms with Crippen LogP contribution >= 0.6 is 0 Å². The van der Waals surface area contributed by atoms with Gasteiger partial charge in [-0.25, -0.2) is 0 Å². The van der Waals surface area contributed by atoms with Crippen molar-refractivity contribution < 1.29 is 14.3 Å². The highest BCUT2D eigenvalue weighted by Crippen LogP contribution is 2.15. The molecule has 0 atom stereocenters. The summed E-state index contributed by atoms with van der Waals surface area (Å²) >= 11 is 0. The second-order valence-corrected chi connectivity index (χ2v) is 5.27. The van der Waals surface area contributed by atoms with E-state index in [-0.39, 0.29) is 12.5 Å². The van der Waals surface area contributed by atoms with Gasteiger partial charge >= 0.3 is 0 Å². The standard InChI is InChI=1S/C16H24N2O3/c17-12-14-6-8-18(9-7-14)16(19)13-20-10-11-21-15-4-2-1-3-5-15/h1-5,14H,6-13,17H2. The van der Waals surface area contributed by atoms with Crippen LogP contribution in [-0.2, 0) is 9.53 Å². The number of rotatable bonds is 7. The van der Waals surface area contributed by atoms with Crippen molar-refractivity contribution in [3.63, 3.8) is 0 Å². The first-order chi connectivity index (χ1) is 10.3. The monoisotopic (exact) mass is 292 g/mol. The zero-order valence-electron chi connectivity index (χ0n) is 12.4. The molecule has 5 nitrogen and oxygen atoms in total. The van der Waals surface area contributed by atoms with Crippen LogP contribution in [0.15, 0.2) is 30.3 Å². The maximum Gasteiger partial charge on any atom is 0.248 e. The van der Waals surface area contributed by atoms with E-state index < -0.39 is 0 Å². The first kappa shape index (κ1) is 15.8. The molecule has 0 aromatic heterocycles. The van der Waals surface area contributed by atoms with Crippen LogP contribution in [0.1, 0.15) is 12.8 Å². The smallest absolute Gasteiger partial charge is 0.248 e. The third-order valence-corrected chi connectivity index (χ3v) is 3.77. The minimum Gasteiger partial charge on any atom is -0.491 e. The van der Waals surface area contributed by atoms with Crippen molar-refractivity contribution in [3.8, 4) is 5.75 Å². The van der Waals surface area contributed by atoms with E-state index in [1.807, 2.05) is 35.2 Å². The summed E-state index contributed by atoms with van der Waals surface area (Å²) in [5.41, 5.74) is 5.64. The van der Waals surface area contributed by atoms with Gasteiger partial charge in [0.1, 0.15) is 19.0 Å². The zero-order chi connectivity index (χ0) is 14.9. The number of carbonyl (C=O) groups excluding carboxylic acids is 1. The summed E-state index contributed by atoms with van der Waals surface area (Å²) in [6.07, 6.45) is 2.00. The summed E-state index contributed by atoms with van der Waals surface area (Å²) in [6, 6.07) is 9.57. The summed E-state index contributed by atoms with van der Waals surface area (Å²) in [7, 11) is 0. The van der Waals surface area contributed by atoms with Crippen LogP contribution < -0.4 is 10.5 Å². The van der Waals surface area contributed by atoms with E-state index in [9.17, 15) is 4.79 Å². The van der Waals surface area contributed by atoms with Crippen molar-refractivity contribution in [1.82, 2.24) is 4.90 Å². The summed E-state index contributed by atoms with van der Waals surface area (Å²) in [5.74, 6) is 1.44. The topological polar surface area (TPSA) is 64.8 Å². The molecule has 1 fully saturated rings. The van der Waals surface area contributed by atoms with Gasteiger partial charge in [0.15, 0.2) is 0 Å². The summed E-state index contributed by atoms with van der Waals surface area (Å²) in [4.78, 5) is 13.8. The predicted molar refractivity (Wildman–Crippen MR) is 81.1 cm³/mol. The average Bonchev–Trinajstić information content (AvgIpc) is 2.55. The van der Waals surface area contributed by atoms with E-state index in [2.05, 4.69) is 0 Å². The molecule has 1 aliphatic heterocycles. The molecule has 1 heterocycles. The summed E-state index contributed by atoms with van der Waals surface area (Å²) < 4.78 is 10.9. The number of para-hydroxylation sites is 1. The molecule has 2 N–H and O–H groups in total. The van der Waals surface area contributed by atoms with E-state index >= 15 is 0 Å². The lowest BCUT2D eigenvalue weighted by atomic mass is 9.97. The van der Waals surface area contributed by atoms with Gasteiger partial charge in [-0.05, 0) is 37.4 Å². The van der Waals surface area contributed by atoms with Gasteiger partial charge in [0.2, 0.25) is 5.91 Å². The zero-order valence-corrected chi connectivity index (χ0v) is 12.4. The molecule has 1 aromatic carbocycles. The molecule has 0 bridgehead atoms. The van der Waals surface area contributed by atoms with Crippen LogP contribution in [-0.4, -0.2) is 50.3 Å².